The summed E-state index contributed by atoms with van der Waals surface area (Å²) < 4.78 is 11.1. The summed E-state index contributed by atoms with van der Waals surface area (Å²) in [5.41, 5.74) is 3.61. The lowest BCUT2D eigenvalue weighted by atomic mass is 9.86. The summed E-state index contributed by atoms with van der Waals surface area (Å²) in [7, 11) is 1.53. The van der Waals surface area contributed by atoms with E-state index in [-0.39, 0.29) is 30.8 Å². The number of Topliss-reactive ketones (excluding diaryl/α,β-unsaturated/α-hetero) is 1. The average Bonchev–Trinajstić information content (AvgIpc) is 2.96. The normalized spacial score (nSPS) is 17.4. The molecule has 0 unspecified atom stereocenters. The zero-order chi connectivity index (χ0) is 29.8. The molecular weight excluding hydrogens is 538 g/mol. The lowest BCUT2D eigenvalue weighted by molar-refractivity contribution is -0.137. The molecule has 1 aromatic heterocycles. The number of carbonyl (C=O) groups is 3. The van der Waals surface area contributed by atoms with Crippen LogP contribution in [0.5, 0.6) is 5.75 Å². The number of ether oxygens (including phenoxy) is 2. The van der Waals surface area contributed by atoms with Gasteiger partial charge in [0.1, 0.15) is 11.8 Å². The van der Waals surface area contributed by atoms with Gasteiger partial charge in [0.25, 0.3) is 5.56 Å². The summed E-state index contributed by atoms with van der Waals surface area (Å²) in [6, 6.07) is 16.6. The van der Waals surface area contributed by atoms with Crippen LogP contribution in [0.15, 0.2) is 71.7 Å². The van der Waals surface area contributed by atoms with E-state index < -0.39 is 24.0 Å². The number of carboxylic acids is 1. The van der Waals surface area contributed by atoms with E-state index >= 15 is 0 Å². The fraction of sp³-hybridized carbons (Fsp3) is 0.250. The van der Waals surface area contributed by atoms with Gasteiger partial charge in [0.05, 0.1) is 20.1 Å². The number of aliphatic carboxylic acids is 1. The first-order valence-electron chi connectivity index (χ1n) is 13.6. The van der Waals surface area contributed by atoms with Crippen molar-refractivity contribution >= 4 is 40.0 Å². The van der Waals surface area contributed by atoms with Crippen molar-refractivity contribution in [1.29, 1.82) is 0 Å². The van der Waals surface area contributed by atoms with E-state index in [1.165, 1.54) is 7.11 Å². The van der Waals surface area contributed by atoms with E-state index in [2.05, 4.69) is 15.6 Å². The van der Waals surface area contributed by atoms with Crippen molar-refractivity contribution in [2.75, 3.05) is 24.4 Å². The molecule has 0 saturated heterocycles. The minimum Gasteiger partial charge on any atom is -0.496 e. The number of benzene rings is 3. The Hall–Kier alpha value is -5.12. The second kappa shape index (κ2) is 12.2. The Balaban J connectivity index is 1.62. The molecule has 0 fully saturated rings. The van der Waals surface area contributed by atoms with Gasteiger partial charge in [-0.3, -0.25) is 19.7 Å². The van der Waals surface area contributed by atoms with Crippen molar-refractivity contribution in [3.63, 3.8) is 0 Å². The van der Waals surface area contributed by atoms with E-state index in [9.17, 15) is 24.3 Å². The predicted octanol–water partition coefficient (Wildman–Crippen LogP) is 5.32. The second-order valence-corrected chi connectivity index (χ2v) is 10.3. The summed E-state index contributed by atoms with van der Waals surface area (Å²) in [4.78, 5) is 53.6. The Morgan fingerprint density at radius 1 is 1.07 bits per heavy atom. The molecular formula is C32H31N3O7. The first-order chi connectivity index (χ1) is 20.2. The lowest BCUT2D eigenvalue weighted by Gasteiger charge is -2.25. The molecule has 4 N–H and O–H groups in total. The molecule has 0 aliphatic carbocycles. The van der Waals surface area contributed by atoms with Gasteiger partial charge in [-0.15, -0.1) is 0 Å². The van der Waals surface area contributed by atoms with E-state index in [4.69, 9.17) is 9.47 Å². The van der Waals surface area contributed by atoms with E-state index in [0.717, 1.165) is 16.5 Å². The highest BCUT2D eigenvalue weighted by Crippen LogP contribution is 2.34. The molecule has 4 aromatic rings. The number of ketones is 1. The zero-order valence-electron chi connectivity index (χ0n) is 23.2. The molecule has 0 spiro atoms. The van der Waals surface area contributed by atoms with Gasteiger partial charge in [0.2, 0.25) is 0 Å². The number of H-pyrrole nitrogens is 1. The van der Waals surface area contributed by atoms with Gasteiger partial charge in [-0.2, -0.15) is 0 Å². The molecule has 42 heavy (non-hydrogen) atoms. The minimum absolute atomic E-state index is 0.0932. The summed E-state index contributed by atoms with van der Waals surface area (Å²) in [6.07, 6.45) is 0.932. The van der Waals surface area contributed by atoms with Gasteiger partial charge >= 0.3 is 12.1 Å². The molecule has 4 bridgehead atoms. The second-order valence-electron chi connectivity index (χ2n) is 10.3. The van der Waals surface area contributed by atoms with Crippen LogP contribution < -0.4 is 20.9 Å². The van der Waals surface area contributed by atoms with Crippen molar-refractivity contribution in [2.45, 2.75) is 38.1 Å². The first kappa shape index (κ1) is 28.4. The summed E-state index contributed by atoms with van der Waals surface area (Å²) in [5.74, 6) is -1.45. The van der Waals surface area contributed by atoms with Crippen LogP contribution in [0.1, 0.15) is 47.1 Å². The smallest absolute Gasteiger partial charge is 0.411 e. The molecule has 216 valence electrons. The topological polar surface area (TPSA) is 147 Å². The van der Waals surface area contributed by atoms with Gasteiger partial charge in [-0.05, 0) is 65.4 Å². The quantitative estimate of drug-likeness (QED) is 0.253. The third-order valence-electron chi connectivity index (χ3n) is 7.47. The molecule has 0 radical (unpaired) electrons. The summed E-state index contributed by atoms with van der Waals surface area (Å²) in [5, 5.41) is 16.9. The highest BCUT2D eigenvalue weighted by Gasteiger charge is 2.28. The Morgan fingerprint density at radius 2 is 1.90 bits per heavy atom. The molecule has 6 rings (SSSR count). The number of amides is 1. The molecule has 2 aliphatic heterocycles. The number of nitrogens with one attached hydrogen (secondary N) is 3. The number of hydrogen-bond donors (Lipinski definition) is 4. The highest BCUT2D eigenvalue weighted by atomic mass is 16.5. The number of aromatic nitrogens is 1. The SMILES string of the molecule is COc1cc2cc(C)c1CCOC(=O)Nc1cccc(c1)[C@@H](CC(=O)O)CC(=O)[C@@H]2Nc1ccc2cc[nH]c(=O)c2c1. The number of methoxy groups -OCH3 is 1. The Labute approximate surface area is 241 Å². The monoisotopic (exact) mass is 569 g/mol. The third kappa shape index (κ3) is 6.27. The van der Waals surface area contributed by atoms with Crippen molar-refractivity contribution < 1.29 is 29.0 Å². The van der Waals surface area contributed by atoms with Crippen molar-refractivity contribution in [3.05, 3.63) is 99.5 Å². The summed E-state index contributed by atoms with van der Waals surface area (Å²) >= 11 is 0. The van der Waals surface area contributed by atoms with Crippen LogP contribution in [0.3, 0.4) is 0 Å². The van der Waals surface area contributed by atoms with Crippen LogP contribution in [-0.4, -0.2) is 41.7 Å². The van der Waals surface area contributed by atoms with Crippen LogP contribution in [0.2, 0.25) is 0 Å². The van der Waals surface area contributed by atoms with Gasteiger partial charge in [0, 0.05) is 47.3 Å². The fourth-order valence-corrected chi connectivity index (χ4v) is 5.42. The van der Waals surface area contributed by atoms with Crippen LogP contribution in [0, 0.1) is 6.92 Å². The Kier molecular flexibility index (Phi) is 8.24. The Bertz CT molecular complexity index is 1730. The van der Waals surface area contributed by atoms with Crippen molar-refractivity contribution in [3.8, 4) is 5.75 Å². The number of carboxylic acid groups (broad SMARTS) is 1. The van der Waals surface area contributed by atoms with E-state index in [0.29, 0.717) is 40.1 Å². The van der Waals surface area contributed by atoms with Gasteiger partial charge in [-0.1, -0.05) is 24.3 Å². The first-order valence-corrected chi connectivity index (χ1v) is 13.6. The van der Waals surface area contributed by atoms with Crippen LogP contribution in [-0.2, 0) is 20.7 Å². The Morgan fingerprint density at radius 3 is 2.69 bits per heavy atom. The zero-order valence-corrected chi connectivity index (χ0v) is 23.2. The molecule has 3 heterocycles. The fourth-order valence-electron chi connectivity index (χ4n) is 5.42. The average molecular weight is 570 g/mol. The third-order valence-corrected chi connectivity index (χ3v) is 7.47. The molecule has 3 aromatic carbocycles. The minimum atomic E-state index is -1.06. The maximum atomic E-state index is 14.1. The van der Waals surface area contributed by atoms with E-state index in [1.54, 1.807) is 60.8 Å². The summed E-state index contributed by atoms with van der Waals surface area (Å²) in [6.45, 7) is 1.98. The van der Waals surface area contributed by atoms with Gasteiger partial charge < -0.3 is 24.9 Å². The van der Waals surface area contributed by atoms with Crippen molar-refractivity contribution in [1.82, 2.24) is 4.98 Å². The number of aryl methyl sites for hydroxylation is 1. The molecule has 2 aliphatic rings. The van der Waals surface area contributed by atoms with Crippen LogP contribution >= 0.6 is 0 Å². The van der Waals surface area contributed by atoms with Gasteiger partial charge in [-0.25, -0.2) is 4.79 Å². The molecule has 0 saturated carbocycles. The van der Waals surface area contributed by atoms with E-state index in [1.807, 2.05) is 13.0 Å². The number of carbonyl (C=O) groups excluding carboxylic acids is 2. The van der Waals surface area contributed by atoms with Crippen molar-refractivity contribution in [2.24, 2.45) is 0 Å². The highest BCUT2D eigenvalue weighted by molar-refractivity contribution is 5.91. The number of pyridine rings is 1. The van der Waals surface area contributed by atoms with Crippen LogP contribution in [0.25, 0.3) is 10.8 Å². The molecule has 1 amide bonds. The number of aromatic amines is 1. The standard InChI is InChI=1S/C32H31N3O7/c1-18-12-22-15-28(41-2)25(18)9-11-42-32(40)35-23-5-3-4-20(13-23)21(16-29(37)38)14-27(36)30(22)34-24-7-6-19-8-10-33-31(39)26(19)17-24/h3-8,10,12-13,15,17,21,30,34H,9,11,14,16H2,1-2H3,(H,33,39)(H,35,40)(H,37,38)/t21-,30-/m1/s1. The number of fused-ring (bicyclic) bond motifs is 10. The molecule has 2 atom stereocenters. The number of hydrogen-bond acceptors (Lipinski definition) is 7. The van der Waals surface area contributed by atoms with Crippen LogP contribution in [0.4, 0.5) is 16.2 Å². The largest absolute Gasteiger partial charge is 0.496 e. The number of rotatable bonds is 5. The predicted molar refractivity (Wildman–Crippen MR) is 158 cm³/mol. The lowest BCUT2D eigenvalue weighted by Crippen LogP contribution is -2.24. The maximum Gasteiger partial charge on any atom is 0.411 e. The molecule has 10 nitrogen and oxygen atoms in total. The number of anilines is 2. The van der Waals surface area contributed by atoms with Gasteiger partial charge in [0.15, 0.2) is 5.78 Å². The maximum absolute atomic E-state index is 14.1. The molecule has 10 heteroatoms.